The first-order valence-electron chi connectivity index (χ1n) is 4.81. The van der Waals surface area contributed by atoms with Gasteiger partial charge in [-0.15, -0.1) is 0 Å². The monoisotopic (exact) mass is 176 g/mol. The first kappa shape index (κ1) is 8.49. The van der Waals surface area contributed by atoms with Crippen molar-refractivity contribution in [2.24, 2.45) is 0 Å². The van der Waals surface area contributed by atoms with Crippen LogP contribution in [-0.4, -0.2) is 0 Å². The van der Waals surface area contributed by atoms with Crippen LogP contribution in [0.1, 0.15) is 31.2 Å². The summed E-state index contributed by atoms with van der Waals surface area (Å²) >= 11 is 0. The van der Waals surface area contributed by atoms with E-state index >= 15 is 0 Å². The average Bonchev–Trinajstić information content (AvgIpc) is 2.19. The Balaban J connectivity index is 2.29. The van der Waals surface area contributed by atoms with Crippen LogP contribution in [0, 0.1) is 5.82 Å². The number of benzene rings is 1. The molecule has 68 valence electrons. The van der Waals surface area contributed by atoms with E-state index < -0.39 is 0 Å². The third kappa shape index (κ3) is 1.97. The summed E-state index contributed by atoms with van der Waals surface area (Å²) < 4.78 is 12.9. The Kier molecular flexibility index (Phi) is 2.44. The second kappa shape index (κ2) is 3.73. The second-order valence-electron chi connectivity index (χ2n) is 3.49. The summed E-state index contributed by atoms with van der Waals surface area (Å²) in [5, 5.41) is 0. The Bertz CT molecular complexity index is 326. The number of allylic oxidation sites excluding steroid dienone is 2. The van der Waals surface area contributed by atoms with Crippen LogP contribution in [0.3, 0.4) is 0 Å². The Hall–Kier alpha value is -1.11. The first-order valence-corrected chi connectivity index (χ1v) is 4.81. The van der Waals surface area contributed by atoms with E-state index in [0.717, 1.165) is 18.4 Å². The van der Waals surface area contributed by atoms with Crippen molar-refractivity contribution < 1.29 is 4.39 Å². The zero-order valence-electron chi connectivity index (χ0n) is 7.59. The first-order chi connectivity index (χ1) is 6.36. The minimum atomic E-state index is -0.135. The minimum absolute atomic E-state index is 0.135. The molecule has 0 aromatic heterocycles. The quantitative estimate of drug-likeness (QED) is 0.610. The van der Waals surface area contributed by atoms with E-state index in [9.17, 15) is 4.39 Å². The van der Waals surface area contributed by atoms with E-state index in [-0.39, 0.29) is 5.82 Å². The lowest BCUT2D eigenvalue weighted by atomic mass is 9.94. The standard InChI is InChI=1S/C12H13F/c13-12-8-4-7-11(9-12)10-5-2-1-3-6-10/h4-5,7-9H,1-3,6H2. The van der Waals surface area contributed by atoms with Crippen LogP contribution in [0.5, 0.6) is 0 Å². The van der Waals surface area contributed by atoms with E-state index in [0.29, 0.717) is 0 Å². The van der Waals surface area contributed by atoms with E-state index in [1.807, 2.05) is 6.07 Å². The summed E-state index contributed by atoms with van der Waals surface area (Å²) in [7, 11) is 0. The van der Waals surface area contributed by atoms with Crippen molar-refractivity contribution in [3.8, 4) is 0 Å². The Morgan fingerprint density at radius 3 is 2.77 bits per heavy atom. The molecule has 0 atom stereocenters. The average molecular weight is 176 g/mol. The van der Waals surface area contributed by atoms with Crippen LogP contribution in [0.25, 0.3) is 5.57 Å². The summed E-state index contributed by atoms with van der Waals surface area (Å²) in [4.78, 5) is 0. The van der Waals surface area contributed by atoms with E-state index in [2.05, 4.69) is 6.08 Å². The van der Waals surface area contributed by atoms with Gasteiger partial charge in [-0.2, -0.15) is 0 Å². The van der Waals surface area contributed by atoms with Crippen molar-refractivity contribution in [3.05, 3.63) is 41.7 Å². The van der Waals surface area contributed by atoms with Gasteiger partial charge in [0.05, 0.1) is 0 Å². The molecule has 0 saturated carbocycles. The molecule has 0 saturated heterocycles. The highest BCUT2D eigenvalue weighted by Crippen LogP contribution is 2.26. The molecule has 0 bridgehead atoms. The van der Waals surface area contributed by atoms with Gasteiger partial charge in [0.2, 0.25) is 0 Å². The number of rotatable bonds is 1. The van der Waals surface area contributed by atoms with Gasteiger partial charge in [-0.3, -0.25) is 0 Å². The van der Waals surface area contributed by atoms with Gasteiger partial charge >= 0.3 is 0 Å². The normalized spacial score (nSPS) is 16.8. The predicted molar refractivity (Wildman–Crippen MR) is 52.8 cm³/mol. The van der Waals surface area contributed by atoms with Crippen molar-refractivity contribution in [1.82, 2.24) is 0 Å². The molecule has 0 nitrogen and oxygen atoms in total. The predicted octanol–water partition coefficient (Wildman–Crippen LogP) is 3.78. The van der Waals surface area contributed by atoms with Gasteiger partial charge in [-0.05, 0) is 49.0 Å². The summed E-state index contributed by atoms with van der Waals surface area (Å²) in [5.74, 6) is -0.135. The zero-order chi connectivity index (χ0) is 9.10. The van der Waals surface area contributed by atoms with Crippen LogP contribution >= 0.6 is 0 Å². The summed E-state index contributed by atoms with van der Waals surface area (Å²) in [6, 6.07) is 6.88. The smallest absolute Gasteiger partial charge is 0.123 e. The van der Waals surface area contributed by atoms with Gasteiger partial charge in [0.1, 0.15) is 5.82 Å². The molecule has 1 aromatic rings. The molecular formula is C12H13F. The third-order valence-corrected chi connectivity index (χ3v) is 2.49. The molecule has 13 heavy (non-hydrogen) atoms. The molecule has 0 radical (unpaired) electrons. The van der Waals surface area contributed by atoms with Gasteiger partial charge in [0.25, 0.3) is 0 Å². The molecular weight excluding hydrogens is 163 g/mol. The van der Waals surface area contributed by atoms with Gasteiger partial charge < -0.3 is 0 Å². The largest absolute Gasteiger partial charge is 0.207 e. The summed E-state index contributed by atoms with van der Waals surface area (Å²) in [5.41, 5.74) is 2.37. The number of hydrogen-bond donors (Lipinski definition) is 0. The third-order valence-electron chi connectivity index (χ3n) is 2.49. The van der Waals surface area contributed by atoms with Crippen molar-refractivity contribution in [2.75, 3.05) is 0 Å². The molecule has 0 N–H and O–H groups in total. The van der Waals surface area contributed by atoms with Gasteiger partial charge in [-0.1, -0.05) is 18.2 Å². The maximum absolute atomic E-state index is 12.9. The lowest BCUT2D eigenvalue weighted by Gasteiger charge is -2.12. The molecule has 1 aliphatic rings. The van der Waals surface area contributed by atoms with Crippen LogP contribution in [-0.2, 0) is 0 Å². The molecule has 0 aliphatic heterocycles. The van der Waals surface area contributed by atoms with E-state index in [4.69, 9.17) is 0 Å². The molecule has 0 fully saturated rings. The second-order valence-corrected chi connectivity index (χ2v) is 3.49. The minimum Gasteiger partial charge on any atom is -0.207 e. The van der Waals surface area contributed by atoms with Gasteiger partial charge in [0.15, 0.2) is 0 Å². The summed E-state index contributed by atoms with van der Waals surface area (Å²) in [6.07, 6.45) is 6.99. The van der Waals surface area contributed by atoms with Gasteiger partial charge in [0, 0.05) is 0 Å². The highest BCUT2D eigenvalue weighted by molar-refractivity contribution is 5.66. The topological polar surface area (TPSA) is 0 Å². The molecule has 1 aliphatic carbocycles. The molecule has 0 unspecified atom stereocenters. The van der Waals surface area contributed by atoms with Gasteiger partial charge in [-0.25, -0.2) is 4.39 Å². The molecule has 1 heteroatoms. The van der Waals surface area contributed by atoms with E-state index in [1.54, 1.807) is 12.1 Å². The Morgan fingerprint density at radius 2 is 2.08 bits per heavy atom. The Morgan fingerprint density at radius 1 is 1.15 bits per heavy atom. The fourth-order valence-corrected chi connectivity index (χ4v) is 1.79. The number of halogens is 1. The molecule has 1 aromatic carbocycles. The fraction of sp³-hybridized carbons (Fsp3) is 0.333. The zero-order valence-corrected chi connectivity index (χ0v) is 7.59. The highest BCUT2D eigenvalue weighted by Gasteiger charge is 2.05. The lowest BCUT2D eigenvalue weighted by Crippen LogP contribution is -1.91. The maximum atomic E-state index is 12.9. The highest BCUT2D eigenvalue weighted by atomic mass is 19.1. The fourth-order valence-electron chi connectivity index (χ4n) is 1.79. The molecule has 0 spiro atoms. The molecule has 0 amide bonds. The van der Waals surface area contributed by atoms with Crippen molar-refractivity contribution in [2.45, 2.75) is 25.7 Å². The molecule has 2 rings (SSSR count). The van der Waals surface area contributed by atoms with Crippen LogP contribution in [0.15, 0.2) is 30.3 Å². The summed E-state index contributed by atoms with van der Waals surface area (Å²) in [6.45, 7) is 0. The number of hydrogen-bond acceptors (Lipinski definition) is 0. The van der Waals surface area contributed by atoms with Crippen LogP contribution in [0.4, 0.5) is 4.39 Å². The lowest BCUT2D eigenvalue weighted by molar-refractivity contribution is 0.627. The van der Waals surface area contributed by atoms with E-state index in [1.165, 1.54) is 24.5 Å². The van der Waals surface area contributed by atoms with Crippen LogP contribution < -0.4 is 0 Å². The van der Waals surface area contributed by atoms with Crippen LogP contribution in [0.2, 0.25) is 0 Å². The molecule has 0 heterocycles. The van der Waals surface area contributed by atoms with Crippen molar-refractivity contribution in [3.63, 3.8) is 0 Å². The Labute approximate surface area is 78.1 Å². The maximum Gasteiger partial charge on any atom is 0.123 e. The SMILES string of the molecule is Fc1cccc(C2=CCCCC2)c1. The van der Waals surface area contributed by atoms with Crippen molar-refractivity contribution >= 4 is 5.57 Å². The van der Waals surface area contributed by atoms with Crippen molar-refractivity contribution in [1.29, 1.82) is 0 Å².